The van der Waals surface area contributed by atoms with Gasteiger partial charge in [0, 0.05) is 24.9 Å². The lowest BCUT2D eigenvalue weighted by atomic mass is 10.2. The SMILES string of the molecule is CC(CN=C1NC(C)CCS1)CN1CCCC1. The van der Waals surface area contributed by atoms with Crippen LogP contribution in [0.4, 0.5) is 0 Å². The first-order valence-electron chi connectivity index (χ1n) is 6.90. The molecule has 0 bridgehead atoms. The van der Waals surface area contributed by atoms with Crippen molar-refractivity contribution in [3.8, 4) is 0 Å². The molecular weight excluding hydrogens is 230 g/mol. The van der Waals surface area contributed by atoms with Gasteiger partial charge in [-0.1, -0.05) is 18.7 Å². The van der Waals surface area contributed by atoms with Gasteiger partial charge < -0.3 is 10.2 Å². The monoisotopic (exact) mass is 255 g/mol. The van der Waals surface area contributed by atoms with Gasteiger partial charge in [-0.05, 0) is 45.2 Å². The van der Waals surface area contributed by atoms with Gasteiger partial charge in [0.25, 0.3) is 0 Å². The molecule has 2 atom stereocenters. The minimum Gasteiger partial charge on any atom is -0.362 e. The van der Waals surface area contributed by atoms with E-state index in [9.17, 15) is 0 Å². The van der Waals surface area contributed by atoms with Gasteiger partial charge in [-0.3, -0.25) is 4.99 Å². The summed E-state index contributed by atoms with van der Waals surface area (Å²) in [5.41, 5.74) is 0. The molecule has 0 radical (unpaired) electrons. The van der Waals surface area contributed by atoms with Crippen LogP contribution in [0.15, 0.2) is 4.99 Å². The van der Waals surface area contributed by atoms with Crippen LogP contribution in [-0.2, 0) is 0 Å². The summed E-state index contributed by atoms with van der Waals surface area (Å²) in [6, 6.07) is 0.601. The average molecular weight is 255 g/mol. The Hall–Kier alpha value is -0.220. The number of hydrogen-bond donors (Lipinski definition) is 1. The maximum atomic E-state index is 4.72. The number of nitrogens with zero attached hydrogens (tertiary/aromatic N) is 2. The Morgan fingerprint density at radius 2 is 2.24 bits per heavy atom. The van der Waals surface area contributed by atoms with Crippen LogP contribution in [0.25, 0.3) is 0 Å². The maximum absolute atomic E-state index is 4.72. The summed E-state index contributed by atoms with van der Waals surface area (Å²) in [5.74, 6) is 1.90. The molecule has 2 heterocycles. The predicted octanol–water partition coefficient (Wildman–Crippen LogP) is 2.19. The number of hydrogen-bond acceptors (Lipinski definition) is 3. The largest absolute Gasteiger partial charge is 0.362 e. The molecule has 0 aromatic carbocycles. The van der Waals surface area contributed by atoms with Crippen LogP contribution in [0.5, 0.6) is 0 Å². The van der Waals surface area contributed by atoms with Gasteiger partial charge in [-0.25, -0.2) is 0 Å². The zero-order valence-corrected chi connectivity index (χ0v) is 11.9. The highest BCUT2D eigenvalue weighted by Crippen LogP contribution is 2.15. The summed E-state index contributed by atoms with van der Waals surface area (Å²) < 4.78 is 0. The topological polar surface area (TPSA) is 27.6 Å². The van der Waals surface area contributed by atoms with Crippen LogP contribution >= 0.6 is 11.8 Å². The van der Waals surface area contributed by atoms with Gasteiger partial charge in [-0.2, -0.15) is 0 Å². The minimum atomic E-state index is 0.601. The molecule has 0 aromatic heterocycles. The lowest BCUT2D eigenvalue weighted by molar-refractivity contribution is 0.291. The first-order chi connectivity index (χ1) is 8.24. The van der Waals surface area contributed by atoms with Crippen molar-refractivity contribution < 1.29 is 0 Å². The van der Waals surface area contributed by atoms with E-state index in [4.69, 9.17) is 4.99 Å². The lowest BCUT2D eigenvalue weighted by Crippen LogP contribution is -2.36. The number of likely N-dealkylation sites (tertiary alicyclic amines) is 1. The van der Waals surface area contributed by atoms with Crippen molar-refractivity contribution in [2.45, 2.75) is 39.2 Å². The zero-order valence-electron chi connectivity index (χ0n) is 11.1. The van der Waals surface area contributed by atoms with Crippen molar-refractivity contribution >= 4 is 16.9 Å². The molecule has 2 aliphatic heterocycles. The minimum absolute atomic E-state index is 0.601. The zero-order chi connectivity index (χ0) is 12.1. The molecule has 3 nitrogen and oxygen atoms in total. The van der Waals surface area contributed by atoms with E-state index in [1.165, 1.54) is 44.6 Å². The molecular formula is C13H25N3S. The molecule has 0 saturated carbocycles. The van der Waals surface area contributed by atoms with Crippen LogP contribution in [0, 0.1) is 5.92 Å². The molecule has 2 unspecified atom stereocenters. The van der Waals surface area contributed by atoms with E-state index in [1.807, 2.05) is 11.8 Å². The maximum Gasteiger partial charge on any atom is 0.156 e. The molecule has 17 heavy (non-hydrogen) atoms. The summed E-state index contributed by atoms with van der Waals surface area (Å²) in [6.07, 6.45) is 4.03. The average Bonchev–Trinajstić information content (AvgIpc) is 2.79. The Balaban J connectivity index is 1.70. The first kappa shape index (κ1) is 13.2. The predicted molar refractivity (Wildman–Crippen MR) is 76.8 cm³/mol. The summed E-state index contributed by atoms with van der Waals surface area (Å²) in [7, 11) is 0. The lowest BCUT2D eigenvalue weighted by Gasteiger charge is -2.23. The molecule has 0 aliphatic carbocycles. The quantitative estimate of drug-likeness (QED) is 0.834. The highest BCUT2D eigenvalue weighted by atomic mass is 32.2. The van der Waals surface area contributed by atoms with Gasteiger partial charge in [-0.15, -0.1) is 0 Å². The highest BCUT2D eigenvalue weighted by Gasteiger charge is 2.16. The second-order valence-electron chi connectivity index (χ2n) is 5.44. The van der Waals surface area contributed by atoms with E-state index in [0.717, 1.165) is 11.7 Å². The van der Waals surface area contributed by atoms with Crippen LogP contribution in [0.1, 0.15) is 33.1 Å². The van der Waals surface area contributed by atoms with Gasteiger partial charge in [0.15, 0.2) is 5.17 Å². The second-order valence-corrected chi connectivity index (χ2v) is 6.52. The van der Waals surface area contributed by atoms with Crippen molar-refractivity contribution in [1.82, 2.24) is 10.2 Å². The normalized spacial score (nSPS) is 30.5. The Bertz CT molecular complexity index is 261. The third-order valence-electron chi connectivity index (χ3n) is 3.47. The van der Waals surface area contributed by atoms with E-state index in [2.05, 4.69) is 24.1 Å². The van der Waals surface area contributed by atoms with E-state index < -0.39 is 0 Å². The number of aliphatic imine (C=N–C) groups is 1. The first-order valence-corrected chi connectivity index (χ1v) is 7.89. The highest BCUT2D eigenvalue weighted by molar-refractivity contribution is 8.13. The standard InChI is InChI=1S/C13H25N3S/c1-11(10-16-6-3-4-7-16)9-14-13-15-12(2)5-8-17-13/h11-12H,3-10H2,1-2H3,(H,14,15). The van der Waals surface area contributed by atoms with Crippen LogP contribution in [-0.4, -0.2) is 48.0 Å². The summed E-state index contributed by atoms with van der Waals surface area (Å²) >= 11 is 1.88. The molecule has 2 rings (SSSR count). The number of nitrogens with one attached hydrogen (secondary N) is 1. The molecule has 0 spiro atoms. The molecule has 4 heteroatoms. The van der Waals surface area contributed by atoms with Crippen molar-refractivity contribution in [2.24, 2.45) is 10.9 Å². The third kappa shape index (κ3) is 4.51. The van der Waals surface area contributed by atoms with Crippen LogP contribution < -0.4 is 5.32 Å². The number of thioether (sulfide) groups is 1. The molecule has 0 aromatic rings. The van der Waals surface area contributed by atoms with Gasteiger partial charge in [0.1, 0.15) is 0 Å². The van der Waals surface area contributed by atoms with Crippen molar-refractivity contribution in [3.05, 3.63) is 0 Å². The van der Waals surface area contributed by atoms with Gasteiger partial charge in [0.2, 0.25) is 0 Å². The molecule has 2 fully saturated rings. The molecule has 2 aliphatic rings. The fourth-order valence-corrected chi connectivity index (χ4v) is 3.57. The Morgan fingerprint density at radius 3 is 2.94 bits per heavy atom. The van der Waals surface area contributed by atoms with Gasteiger partial charge >= 0.3 is 0 Å². The fourth-order valence-electron chi connectivity index (χ4n) is 2.45. The van der Waals surface area contributed by atoms with Crippen LogP contribution in [0.2, 0.25) is 0 Å². The van der Waals surface area contributed by atoms with Crippen molar-refractivity contribution in [1.29, 1.82) is 0 Å². The van der Waals surface area contributed by atoms with Crippen LogP contribution in [0.3, 0.4) is 0 Å². The van der Waals surface area contributed by atoms with Gasteiger partial charge in [0.05, 0.1) is 0 Å². The van der Waals surface area contributed by atoms with E-state index in [0.29, 0.717) is 12.0 Å². The summed E-state index contributed by atoms with van der Waals surface area (Å²) in [6.45, 7) is 9.34. The van der Waals surface area contributed by atoms with E-state index >= 15 is 0 Å². The molecule has 2 saturated heterocycles. The van der Waals surface area contributed by atoms with Crippen molar-refractivity contribution in [2.75, 3.05) is 31.9 Å². The molecule has 98 valence electrons. The Labute approximate surface area is 109 Å². The van der Waals surface area contributed by atoms with Crippen molar-refractivity contribution in [3.63, 3.8) is 0 Å². The van der Waals surface area contributed by atoms with E-state index in [1.54, 1.807) is 0 Å². The fraction of sp³-hybridized carbons (Fsp3) is 0.923. The molecule has 1 N–H and O–H groups in total. The third-order valence-corrected chi connectivity index (χ3v) is 4.43. The summed E-state index contributed by atoms with van der Waals surface area (Å²) in [5, 5.41) is 4.63. The number of rotatable bonds is 4. The Kier molecular flexibility index (Phi) is 5.16. The smallest absolute Gasteiger partial charge is 0.156 e. The summed E-state index contributed by atoms with van der Waals surface area (Å²) in [4.78, 5) is 7.30. The second kappa shape index (κ2) is 6.64. The van der Waals surface area contributed by atoms with E-state index in [-0.39, 0.29) is 0 Å². The Morgan fingerprint density at radius 1 is 1.47 bits per heavy atom. The number of amidine groups is 1. The molecule has 0 amide bonds.